The summed E-state index contributed by atoms with van der Waals surface area (Å²) in [5.41, 5.74) is 1.02. The van der Waals surface area contributed by atoms with E-state index in [0.717, 1.165) is 4.47 Å². The van der Waals surface area contributed by atoms with Gasteiger partial charge in [0.2, 0.25) is 0 Å². The van der Waals surface area contributed by atoms with Crippen molar-refractivity contribution in [3.63, 3.8) is 0 Å². The zero-order valence-electron chi connectivity index (χ0n) is 10.6. The second kappa shape index (κ2) is 5.83. The molecule has 2 aromatic rings. The van der Waals surface area contributed by atoms with Crippen LogP contribution in [0.5, 0.6) is 0 Å². The maximum absolute atomic E-state index is 12.2. The molecule has 2 rings (SSSR count). The molecule has 0 bridgehead atoms. The standard InChI is InChI=1S/C14H11BrN2O3/c1-9-4-2-7-12(17(19)20)13(9)14(18)16-11-6-3-5-10(15)8-11/h2-8H,1H3,(H,16,18). The predicted molar refractivity (Wildman–Crippen MR) is 79.9 cm³/mol. The number of nitrogens with one attached hydrogen (secondary N) is 1. The average Bonchev–Trinajstić information content (AvgIpc) is 2.38. The number of nitro benzene ring substituents is 1. The summed E-state index contributed by atoms with van der Waals surface area (Å²) in [6, 6.07) is 11.6. The van der Waals surface area contributed by atoms with Gasteiger partial charge in [-0.05, 0) is 30.7 Å². The van der Waals surface area contributed by atoms with Gasteiger partial charge in [-0.1, -0.05) is 34.1 Å². The van der Waals surface area contributed by atoms with Gasteiger partial charge in [0, 0.05) is 16.2 Å². The van der Waals surface area contributed by atoms with Gasteiger partial charge in [0.25, 0.3) is 11.6 Å². The lowest BCUT2D eigenvalue weighted by molar-refractivity contribution is -0.385. The molecule has 1 amide bonds. The molecule has 0 spiro atoms. The van der Waals surface area contributed by atoms with Crippen LogP contribution in [0, 0.1) is 17.0 Å². The van der Waals surface area contributed by atoms with Crippen molar-refractivity contribution in [3.05, 3.63) is 68.2 Å². The number of amides is 1. The Labute approximate surface area is 123 Å². The molecule has 102 valence electrons. The van der Waals surface area contributed by atoms with Crippen molar-refractivity contribution in [2.75, 3.05) is 5.32 Å². The van der Waals surface area contributed by atoms with Crippen LogP contribution in [0.1, 0.15) is 15.9 Å². The molecule has 5 nitrogen and oxygen atoms in total. The van der Waals surface area contributed by atoms with Crippen LogP contribution in [0.25, 0.3) is 0 Å². The highest BCUT2D eigenvalue weighted by molar-refractivity contribution is 9.10. The molecule has 0 saturated carbocycles. The third-order valence-electron chi connectivity index (χ3n) is 2.76. The Morgan fingerprint density at radius 3 is 2.60 bits per heavy atom. The van der Waals surface area contributed by atoms with Gasteiger partial charge in [0.15, 0.2) is 0 Å². The molecule has 0 aromatic heterocycles. The van der Waals surface area contributed by atoms with Crippen molar-refractivity contribution in [2.45, 2.75) is 6.92 Å². The van der Waals surface area contributed by atoms with Gasteiger partial charge < -0.3 is 5.32 Å². The van der Waals surface area contributed by atoms with Gasteiger partial charge in [0.05, 0.1) is 4.92 Å². The fraction of sp³-hybridized carbons (Fsp3) is 0.0714. The maximum atomic E-state index is 12.2. The number of hydrogen-bond acceptors (Lipinski definition) is 3. The number of anilines is 1. The fourth-order valence-electron chi connectivity index (χ4n) is 1.86. The minimum atomic E-state index is -0.553. The molecule has 0 aliphatic heterocycles. The zero-order chi connectivity index (χ0) is 14.7. The van der Waals surface area contributed by atoms with Crippen molar-refractivity contribution in [3.8, 4) is 0 Å². The van der Waals surface area contributed by atoms with E-state index >= 15 is 0 Å². The summed E-state index contributed by atoms with van der Waals surface area (Å²) < 4.78 is 0.814. The van der Waals surface area contributed by atoms with Gasteiger partial charge in [-0.2, -0.15) is 0 Å². The van der Waals surface area contributed by atoms with E-state index in [-0.39, 0.29) is 11.3 Å². The SMILES string of the molecule is Cc1cccc([N+](=O)[O-])c1C(=O)Nc1cccc(Br)c1. The Morgan fingerprint density at radius 1 is 1.25 bits per heavy atom. The summed E-state index contributed by atoms with van der Waals surface area (Å²) in [5.74, 6) is -0.493. The average molecular weight is 335 g/mol. The summed E-state index contributed by atoms with van der Waals surface area (Å²) in [7, 11) is 0. The summed E-state index contributed by atoms with van der Waals surface area (Å²) in [5, 5.41) is 13.7. The molecule has 20 heavy (non-hydrogen) atoms. The predicted octanol–water partition coefficient (Wildman–Crippen LogP) is 3.92. The number of nitrogens with zero attached hydrogens (tertiary/aromatic N) is 1. The summed E-state index contributed by atoms with van der Waals surface area (Å²) in [6.07, 6.45) is 0. The van der Waals surface area contributed by atoms with Gasteiger partial charge in [-0.25, -0.2) is 0 Å². The minimum absolute atomic E-state index is 0.0810. The van der Waals surface area contributed by atoms with Crippen molar-refractivity contribution < 1.29 is 9.72 Å². The monoisotopic (exact) mass is 334 g/mol. The molecule has 2 aromatic carbocycles. The van der Waals surface area contributed by atoms with E-state index in [1.165, 1.54) is 6.07 Å². The maximum Gasteiger partial charge on any atom is 0.282 e. The summed E-state index contributed by atoms with van der Waals surface area (Å²) >= 11 is 3.30. The van der Waals surface area contributed by atoms with Gasteiger partial charge >= 0.3 is 0 Å². The molecule has 0 aliphatic carbocycles. The number of hydrogen-bond donors (Lipinski definition) is 1. The highest BCUT2D eigenvalue weighted by Gasteiger charge is 2.22. The Hall–Kier alpha value is -2.21. The second-order valence-electron chi connectivity index (χ2n) is 4.19. The number of aryl methyl sites for hydroxylation is 1. The zero-order valence-corrected chi connectivity index (χ0v) is 12.2. The largest absolute Gasteiger partial charge is 0.322 e. The Morgan fingerprint density at radius 2 is 1.95 bits per heavy atom. The van der Waals surface area contributed by atoms with Crippen LogP contribution in [-0.4, -0.2) is 10.8 Å². The van der Waals surface area contributed by atoms with E-state index in [0.29, 0.717) is 11.3 Å². The highest BCUT2D eigenvalue weighted by Crippen LogP contribution is 2.24. The lowest BCUT2D eigenvalue weighted by atomic mass is 10.1. The van der Waals surface area contributed by atoms with Crippen LogP contribution in [-0.2, 0) is 0 Å². The first-order chi connectivity index (χ1) is 9.49. The molecule has 0 unspecified atom stereocenters. The molecule has 0 atom stereocenters. The Kier molecular flexibility index (Phi) is 4.14. The Bertz CT molecular complexity index is 686. The lowest BCUT2D eigenvalue weighted by Gasteiger charge is -2.08. The van der Waals surface area contributed by atoms with Gasteiger partial charge in [0.1, 0.15) is 5.56 Å². The molecule has 0 fully saturated rings. The third kappa shape index (κ3) is 3.03. The quantitative estimate of drug-likeness (QED) is 0.683. The van der Waals surface area contributed by atoms with Crippen LogP contribution in [0.4, 0.5) is 11.4 Å². The summed E-state index contributed by atoms with van der Waals surface area (Å²) in [4.78, 5) is 22.7. The third-order valence-corrected chi connectivity index (χ3v) is 3.25. The van der Waals surface area contributed by atoms with Crippen LogP contribution in [0.15, 0.2) is 46.9 Å². The first-order valence-corrected chi connectivity index (χ1v) is 6.59. The smallest absolute Gasteiger partial charge is 0.282 e. The number of carbonyl (C=O) groups is 1. The molecule has 6 heteroatoms. The molecule has 0 aliphatic rings. The van der Waals surface area contributed by atoms with Gasteiger partial charge in [-0.15, -0.1) is 0 Å². The molecule has 0 saturated heterocycles. The lowest BCUT2D eigenvalue weighted by Crippen LogP contribution is -2.15. The van der Waals surface area contributed by atoms with Crippen molar-refractivity contribution >= 4 is 33.2 Å². The van der Waals surface area contributed by atoms with E-state index in [1.54, 1.807) is 37.3 Å². The van der Waals surface area contributed by atoms with Crippen molar-refractivity contribution in [2.24, 2.45) is 0 Å². The van der Waals surface area contributed by atoms with Crippen LogP contribution >= 0.6 is 15.9 Å². The van der Waals surface area contributed by atoms with E-state index in [2.05, 4.69) is 21.2 Å². The van der Waals surface area contributed by atoms with Gasteiger partial charge in [-0.3, -0.25) is 14.9 Å². The van der Waals surface area contributed by atoms with E-state index in [1.807, 2.05) is 6.07 Å². The molecule has 1 N–H and O–H groups in total. The molecular weight excluding hydrogens is 324 g/mol. The molecule has 0 heterocycles. The Balaban J connectivity index is 2.37. The summed E-state index contributed by atoms with van der Waals surface area (Å²) in [6.45, 7) is 1.67. The topological polar surface area (TPSA) is 72.2 Å². The highest BCUT2D eigenvalue weighted by atomic mass is 79.9. The first kappa shape index (κ1) is 14.2. The number of rotatable bonds is 3. The van der Waals surface area contributed by atoms with Crippen molar-refractivity contribution in [1.82, 2.24) is 0 Å². The minimum Gasteiger partial charge on any atom is -0.322 e. The fourth-order valence-corrected chi connectivity index (χ4v) is 2.26. The van der Waals surface area contributed by atoms with E-state index in [9.17, 15) is 14.9 Å². The number of halogens is 1. The normalized spacial score (nSPS) is 10.1. The second-order valence-corrected chi connectivity index (χ2v) is 5.11. The van der Waals surface area contributed by atoms with E-state index in [4.69, 9.17) is 0 Å². The first-order valence-electron chi connectivity index (χ1n) is 5.80. The number of carbonyl (C=O) groups excluding carboxylic acids is 1. The van der Waals surface area contributed by atoms with Crippen LogP contribution < -0.4 is 5.32 Å². The van der Waals surface area contributed by atoms with E-state index < -0.39 is 10.8 Å². The van der Waals surface area contributed by atoms with Crippen molar-refractivity contribution in [1.29, 1.82) is 0 Å². The number of nitro groups is 1. The number of benzene rings is 2. The van der Waals surface area contributed by atoms with Crippen LogP contribution in [0.2, 0.25) is 0 Å². The molecule has 0 radical (unpaired) electrons. The molecular formula is C14H11BrN2O3. The van der Waals surface area contributed by atoms with Crippen LogP contribution in [0.3, 0.4) is 0 Å².